The molecule has 0 spiro atoms. The highest BCUT2D eigenvalue weighted by molar-refractivity contribution is 6.31. The van der Waals surface area contributed by atoms with Gasteiger partial charge in [-0.25, -0.2) is 4.79 Å². The van der Waals surface area contributed by atoms with E-state index >= 15 is 0 Å². The van der Waals surface area contributed by atoms with Crippen molar-refractivity contribution < 1.29 is 33.3 Å². The molecule has 0 radical (unpaired) electrons. The molecular formula is C18H15ClN2O7. The molecule has 0 saturated carbocycles. The Morgan fingerprint density at radius 1 is 1.07 bits per heavy atom. The Bertz CT molecular complexity index is 932. The second-order valence-electron chi connectivity index (χ2n) is 5.49. The summed E-state index contributed by atoms with van der Waals surface area (Å²) < 4.78 is 20.3. The van der Waals surface area contributed by atoms with Crippen molar-refractivity contribution in [2.24, 2.45) is 0 Å². The van der Waals surface area contributed by atoms with E-state index in [1.165, 1.54) is 31.4 Å². The largest absolute Gasteiger partial charge is 0.496 e. The van der Waals surface area contributed by atoms with Gasteiger partial charge in [0.15, 0.2) is 18.1 Å². The maximum absolute atomic E-state index is 12.2. The van der Waals surface area contributed by atoms with Gasteiger partial charge in [-0.2, -0.15) is 0 Å². The summed E-state index contributed by atoms with van der Waals surface area (Å²) in [7, 11) is 1.40. The zero-order valence-corrected chi connectivity index (χ0v) is 15.4. The summed E-state index contributed by atoms with van der Waals surface area (Å²) >= 11 is 5.86. The Morgan fingerprint density at radius 2 is 1.86 bits per heavy atom. The SMILES string of the molecule is COc1ccc(Cl)cc1C(=O)NNC(=O)COC(=O)c1ccc2c(c1)OCO2. The fourth-order valence-electron chi connectivity index (χ4n) is 2.33. The van der Waals surface area contributed by atoms with Crippen LogP contribution in [0.25, 0.3) is 0 Å². The van der Waals surface area contributed by atoms with Gasteiger partial charge in [0.2, 0.25) is 6.79 Å². The van der Waals surface area contributed by atoms with Gasteiger partial charge in [0.05, 0.1) is 18.2 Å². The third-order valence-electron chi connectivity index (χ3n) is 3.66. The first-order chi connectivity index (χ1) is 13.5. The van der Waals surface area contributed by atoms with Crippen molar-refractivity contribution in [1.29, 1.82) is 0 Å². The number of carbonyl (C=O) groups excluding carboxylic acids is 3. The van der Waals surface area contributed by atoms with E-state index in [-0.39, 0.29) is 23.7 Å². The van der Waals surface area contributed by atoms with Crippen LogP contribution < -0.4 is 25.1 Å². The molecule has 146 valence electrons. The van der Waals surface area contributed by atoms with E-state index in [9.17, 15) is 14.4 Å². The maximum Gasteiger partial charge on any atom is 0.338 e. The molecule has 1 aliphatic heterocycles. The van der Waals surface area contributed by atoms with E-state index in [2.05, 4.69) is 10.9 Å². The average molecular weight is 407 g/mol. The first-order valence-electron chi connectivity index (χ1n) is 7.97. The molecule has 0 aromatic heterocycles. The minimum absolute atomic E-state index is 0.0767. The van der Waals surface area contributed by atoms with Gasteiger partial charge in [-0.1, -0.05) is 11.6 Å². The highest BCUT2D eigenvalue weighted by Gasteiger charge is 2.18. The summed E-state index contributed by atoms with van der Waals surface area (Å²) in [5.41, 5.74) is 4.67. The Kier molecular flexibility index (Phi) is 5.85. The van der Waals surface area contributed by atoms with E-state index < -0.39 is 24.4 Å². The summed E-state index contributed by atoms with van der Waals surface area (Å²) in [5, 5.41) is 0.329. The van der Waals surface area contributed by atoms with Crippen LogP contribution in [0.3, 0.4) is 0 Å². The third-order valence-corrected chi connectivity index (χ3v) is 3.90. The van der Waals surface area contributed by atoms with Crippen LogP contribution in [0.1, 0.15) is 20.7 Å². The van der Waals surface area contributed by atoms with Gasteiger partial charge < -0.3 is 18.9 Å². The van der Waals surface area contributed by atoms with Crippen LogP contribution in [-0.2, 0) is 9.53 Å². The second-order valence-corrected chi connectivity index (χ2v) is 5.93. The molecule has 0 aliphatic carbocycles. The zero-order chi connectivity index (χ0) is 20.1. The second kappa shape index (κ2) is 8.49. The van der Waals surface area contributed by atoms with Gasteiger partial charge in [-0.05, 0) is 36.4 Å². The number of hydrazine groups is 1. The van der Waals surface area contributed by atoms with E-state index in [1.54, 1.807) is 12.1 Å². The number of halogens is 1. The zero-order valence-electron chi connectivity index (χ0n) is 14.6. The average Bonchev–Trinajstić information content (AvgIpc) is 3.17. The molecule has 28 heavy (non-hydrogen) atoms. The quantitative estimate of drug-likeness (QED) is 0.574. The van der Waals surface area contributed by atoms with E-state index in [0.717, 1.165) is 0 Å². The van der Waals surface area contributed by atoms with Crippen LogP contribution in [-0.4, -0.2) is 38.3 Å². The Morgan fingerprint density at radius 3 is 2.64 bits per heavy atom. The molecule has 3 rings (SSSR count). The molecule has 0 saturated heterocycles. The fraction of sp³-hybridized carbons (Fsp3) is 0.167. The molecule has 1 heterocycles. The molecule has 0 bridgehead atoms. The number of nitrogens with one attached hydrogen (secondary N) is 2. The summed E-state index contributed by atoms with van der Waals surface area (Å²) in [6.07, 6.45) is 0. The van der Waals surface area contributed by atoms with Crippen LogP contribution in [0, 0.1) is 0 Å². The lowest BCUT2D eigenvalue weighted by Crippen LogP contribution is -2.43. The highest BCUT2D eigenvalue weighted by Crippen LogP contribution is 2.32. The van der Waals surface area contributed by atoms with Crippen molar-refractivity contribution in [3.63, 3.8) is 0 Å². The molecule has 0 atom stereocenters. The van der Waals surface area contributed by atoms with Crippen molar-refractivity contribution in [2.45, 2.75) is 0 Å². The Hall–Kier alpha value is -3.46. The van der Waals surface area contributed by atoms with Crippen LogP contribution >= 0.6 is 11.6 Å². The van der Waals surface area contributed by atoms with Crippen molar-refractivity contribution in [1.82, 2.24) is 10.9 Å². The van der Waals surface area contributed by atoms with Crippen molar-refractivity contribution in [3.05, 3.63) is 52.5 Å². The Labute approximate surface area is 164 Å². The normalized spacial score (nSPS) is 11.5. The van der Waals surface area contributed by atoms with Gasteiger partial charge in [0, 0.05) is 5.02 Å². The third kappa shape index (κ3) is 4.44. The number of rotatable bonds is 5. The van der Waals surface area contributed by atoms with Crippen molar-refractivity contribution in [3.8, 4) is 17.2 Å². The summed E-state index contributed by atoms with van der Waals surface area (Å²) in [6, 6.07) is 8.98. The topological polar surface area (TPSA) is 112 Å². The first-order valence-corrected chi connectivity index (χ1v) is 8.35. The molecule has 2 N–H and O–H groups in total. The summed E-state index contributed by atoms with van der Waals surface area (Å²) in [5.74, 6) is -0.880. The van der Waals surface area contributed by atoms with Crippen LogP contribution in [0.5, 0.6) is 17.2 Å². The van der Waals surface area contributed by atoms with Gasteiger partial charge in [-0.15, -0.1) is 0 Å². The molecule has 2 amide bonds. The van der Waals surface area contributed by atoms with Gasteiger partial charge in [0.1, 0.15) is 5.75 Å². The molecular weight excluding hydrogens is 392 g/mol. The predicted molar refractivity (Wildman–Crippen MR) is 96.5 cm³/mol. The fourth-order valence-corrected chi connectivity index (χ4v) is 2.50. The van der Waals surface area contributed by atoms with E-state index in [0.29, 0.717) is 16.5 Å². The number of carbonyl (C=O) groups is 3. The smallest absolute Gasteiger partial charge is 0.338 e. The molecule has 9 nitrogen and oxygen atoms in total. The lowest BCUT2D eigenvalue weighted by molar-refractivity contribution is -0.125. The number of fused-ring (bicyclic) bond motifs is 1. The van der Waals surface area contributed by atoms with Crippen LogP contribution in [0.4, 0.5) is 0 Å². The number of benzene rings is 2. The number of amides is 2. The van der Waals surface area contributed by atoms with Crippen molar-refractivity contribution in [2.75, 3.05) is 20.5 Å². The lowest BCUT2D eigenvalue weighted by Gasteiger charge is -2.11. The summed E-state index contributed by atoms with van der Waals surface area (Å²) in [6.45, 7) is -0.520. The highest BCUT2D eigenvalue weighted by atomic mass is 35.5. The number of hydrogen-bond donors (Lipinski definition) is 2. The molecule has 1 aliphatic rings. The lowest BCUT2D eigenvalue weighted by atomic mass is 10.2. The first kappa shape index (κ1) is 19.3. The molecule has 2 aromatic carbocycles. The monoisotopic (exact) mass is 406 g/mol. The minimum atomic E-state index is -0.733. The molecule has 0 unspecified atom stereocenters. The van der Waals surface area contributed by atoms with Gasteiger partial charge in [0.25, 0.3) is 11.8 Å². The summed E-state index contributed by atoms with van der Waals surface area (Å²) in [4.78, 5) is 36.0. The standard InChI is InChI=1S/C18H15ClN2O7/c1-25-13-5-3-11(19)7-12(13)17(23)21-20-16(22)8-26-18(24)10-2-4-14-15(6-10)28-9-27-14/h2-7H,8-9H2,1H3,(H,20,22)(H,21,23). The number of methoxy groups -OCH3 is 1. The predicted octanol–water partition coefficient (Wildman–Crippen LogP) is 1.70. The molecule has 10 heteroatoms. The molecule has 2 aromatic rings. The van der Waals surface area contributed by atoms with Crippen LogP contribution in [0.2, 0.25) is 5.02 Å². The molecule has 0 fully saturated rings. The number of hydrogen-bond acceptors (Lipinski definition) is 7. The van der Waals surface area contributed by atoms with Crippen LogP contribution in [0.15, 0.2) is 36.4 Å². The number of ether oxygens (including phenoxy) is 4. The van der Waals surface area contributed by atoms with Gasteiger partial charge in [-0.3, -0.25) is 20.4 Å². The van der Waals surface area contributed by atoms with E-state index in [4.69, 9.17) is 30.5 Å². The number of esters is 1. The van der Waals surface area contributed by atoms with Crippen molar-refractivity contribution >= 4 is 29.4 Å². The van der Waals surface area contributed by atoms with E-state index in [1.807, 2.05) is 0 Å². The maximum atomic E-state index is 12.2. The Balaban J connectivity index is 1.50. The van der Waals surface area contributed by atoms with Gasteiger partial charge >= 0.3 is 5.97 Å². The minimum Gasteiger partial charge on any atom is -0.496 e.